The summed E-state index contributed by atoms with van der Waals surface area (Å²) in [6.07, 6.45) is 1.59. The molecule has 1 saturated heterocycles. The lowest BCUT2D eigenvalue weighted by Crippen LogP contribution is -2.50. The van der Waals surface area contributed by atoms with Crippen LogP contribution in [0.1, 0.15) is 19.4 Å². The molecule has 34 heavy (non-hydrogen) atoms. The van der Waals surface area contributed by atoms with Crippen molar-refractivity contribution in [3.05, 3.63) is 81.7 Å². The number of nitrogens with zero attached hydrogens (tertiary/aromatic N) is 4. The number of sulfonamides is 1. The van der Waals surface area contributed by atoms with Crippen molar-refractivity contribution in [2.75, 3.05) is 31.1 Å². The Balaban J connectivity index is 1.66. The third kappa shape index (κ3) is 5.11. The van der Waals surface area contributed by atoms with E-state index in [1.807, 2.05) is 35.2 Å². The fourth-order valence-electron chi connectivity index (χ4n) is 3.79. The summed E-state index contributed by atoms with van der Waals surface area (Å²) < 4.78 is 33.9. The van der Waals surface area contributed by atoms with E-state index in [1.165, 1.54) is 8.99 Å². The zero-order chi connectivity index (χ0) is 24.3. The van der Waals surface area contributed by atoms with Crippen LogP contribution in [0, 0.1) is 0 Å². The summed E-state index contributed by atoms with van der Waals surface area (Å²) >= 11 is 6.12. The van der Waals surface area contributed by atoms with E-state index < -0.39 is 20.8 Å². The largest absolute Gasteiger partial charge is 0.481 e. The van der Waals surface area contributed by atoms with Crippen LogP contribution in [0.2, 0.25) is 5.02 Å². The Morgan fingerprint density at radius 2 is 1.74 bits per heavy atom. The van der Waals surface area contributed by atoms with E-state index in [2.05, 4.69) is 5.10 Å². The summed E-state index contributed by atoms with van der Waals surface area (Å²) in [6.45, 7) is 5.08. The smallest absolute Gasteiger partial charge is 0.316 e. The summed E-state index contributed by atoms with van der Waals surface area (Å²) in [6, 6.07) is 16.5. The zero-order valence-corrected chi connectivity index (χ0v) is 20.7. The van der Waals surface area contributed by atoms with Crippen LogP contribution < -0.4 is 15.2 Å². The van der Waals surface area contributed by atoms with E-state index in [1.54, 1.807) is 44.3 Å². The Morgan fingerprint density at radius 1 is 1.03 bits per heavy atom. The quantitative estimate of drug-likeness (QED) is 0.492. The zero-order valence-electron chi connectivity index (χ0n) is 19.1. The Hall–Kier alpha value is -2.88. The molecule has 3 aromatic rings. The second kappa shape index (κ2) is 10.2. The number of hydrogen-bond acceptors (Lipinski definition) is 6. The van der Waals surface area contributed by atoms with Gasteiger partial charge < -0.3 is 9.64 Å². The summed E-state index contributed by atoms with van der Waals surface area (Å²) in [4.78, 5) is 15.4. The van der Waals surface area contributed by atoms with Gasteiger partial charge in [0.15, 0.2) is 0 Å². The highest BCUT2D eigenvalue weighted by Gasteiger charge is 2.31. The predicted molar refractivity (Wildman–Crippen MR) is 133 cm³/mol. The average molecular weight is 503 g/mol. The highest BCUT2D eigenvalue weighted by molar-refractivity contribution is 7.89. The molecule has 10 heteroatoms. The minimum atomic E-state index is -3.34. The lowest BCUT2D eigenvalue weighted by molar-refractivity contribution is 0.297. The molecule has 1 aliphatic heterocycles. The Morgan fingerprint density at radius 3 is 2.38 bits per heavy atom. The second-order valence-electron chi connectivity index (χ2n) is 8.31. The van der Waals surface area contributed by atoms with Crippen molar-refractivity contribution in [3.8, 4) is 11.4 Å². The van der Waals surface area contributed by atoms with Gasteiger partial charge in [0.1, 0.15) is 12.3 Å². The molecule has 4 rings (SSSR count). The number of piperazine rings is 1. The Bertz CT molecular complexity index is 1300. The second-order valence-corrected chi connectivity index (χ2v) is 11.2. The fraction of sp³-hybridized carbons (Fsp3) is 0.333. The van der Waals surface area contributed by atoms with Gasteiger partial charge in [-0.1, -0.05) is 48.0 Å². The first-order chi connectivity index (χ1) is 16.3. The molecule has 1 aromatic heterocycles. The number of anilines is 1. The molecular weight excluding hydrogens is 476 g/mol. The van der Waals surface area contributed by atoms with E-state index >= 15 is 0 Å². The first-order valence-corrected chi connectivity index (χ1v) is 12.9. The molecule has 0 radical (unpaired) electrons. The number of ether oxygens (including phenoxy) is 1. The predicted octanol–water partition coefficient (Wildman–Crippen LogP) is 3.33. The number of benzene rings is 2. The van der Waals surface area contributed by atoms with Crippen LogP contribution in [0.15, 0.2) is 65.6 Å². The minimum absolute atomic E-state index is 0.166. The molecular formula is C24H27ClN4O4S. The molecule has 0 aliphatic carbocycles. The molecule has 180 valence electrons. The van der Waals surface area contributed by atoms with Crippen molar-refractivity contribution in [1.29, 1.82) is 0 Å². The minimum Gasteiger partial charge on any atom is -0.481 e. The maximum absolute atomic E-state index is 13.5. The summed E-state index contributed by atoms with van der Waals surface area (Å²) in [5, 5.41) is 4.38. The van der Waals surface area contributed by atoms with Crippen molar-refractivity contribution in [3.63, 3.8) is 0 Å². The van der Waals surface area contributed by atoms with Gasteiger partial charge in [-0.2, -0.15) is 14.1 Å². The normalized spacial score (nSPS) is 15.0. The van der Waals surface area contributed by atoms with Crippen LogP contribution >= 0.6 is 11.6 Å². The average Bonchev–Trinajstić information content (AvgIpc) is 2.83. The van der Waals surface area contributed by atoms with Gasteiger partial charge in [0, 0.05) is 31.2 Å². The Kier molecular flexibility index (Phi) is 7.25. The maximum Gasteiger partial charge on any atom is 0.316 e. The lowest BCUT2D eigenvalue weighted by Gasteiger charge is -2.36. The van der Waals surface area contributed by atoms with Gasteiger partial charge >= 0.3 is 5.56 Å². The summed E-state index contributed by atoms with van der Waals surface area (Å²) in [5.74, 6) is 0.166. The van der Waals surface area contributed by atoms with E-state index in [0.29, 0.717) is 42.6 Å². The highest BCUT2D eigenvalue weighted by atomic mass is 35.5. The SMILES string of the molecule is CC(C)S(=O)(=O)N1CCN(c2cnn(-c3cccc(Cl)c3)c(=O)c2OCc2ccccc2)CC1. The van der Waals surface area contributed by atoms with Gasteiger partial charge in [-0.3, -0.25) is 4.79 Å². The van der Waals surface area contributed by atoms with Crippen LogP contribution in [-0.4, -0.2) is 53.9 Å². The number of rotatable bonds is 7. The third-order valence-electron chi connectivity index (χ3n) is 5.73. The monoisotopic (exact) mass is 502 g/mol. The van der Waals surface area contributed by atoms with Crippen molar-refractivity contribution in [2.45, 2.75) is 25.7 Å². The van der Waals surface area contributed by atoms with Crippen LogP contribution in [0.25, 0.3) is 5.69 Å². The molecule has 0 amide bonds. The molecule has 0 N–H and O–H groups in total. The molecule has 0 bridgehead atoms. The fourth-order valence-corrected chi connectivity index (χ4v) is 5.25. The van der Waals surface area contributed by atoms with E-state index in [-0.39, 0.29) is 12.4 Å². The van der Waals surface area contributed by atoms with Gasteiger partial charge in [-0.05, 0) is 37.6 Å². The first-order valence-electron chi connectivity index (χ1n) is 11.1. The van der Waals surface area contributed by atoms with Gasteiger partial charge in [0.2, 0.25) is 15.8 Å². The van der Waals surface area contributed by atoms with Gasteiger partial charge in [0.05, 0.1) is 17.1 Å². The van der Waals surface area contributed by atoms with Gasteiger partial charge in [-0.15, -0.1) is 0 Å². The first kappa shape index (κ1) is 24.3. The van der Waals surface area contributed by atoms with Crippen molar-refractivity contribution < 1.29 is 13.2 Å². The van der Waals surface area contributed by atoms with Crippen LogP contribution in [0.4, 0.5) is 5.69 Å². The van der Waals surface area contributed by atoms with Gasteiger partial charge in [0.25, 0.3) is 0 Å². The standard InChI is InChI=1S/C24H27ClN4O4S/c1-18(2)34(31,32)28-13-11-27(12-14-28)22-16-26-29(21-10-6-9-20(25)15-21)24(30)23(22)33-17-19-7-4-3-5-8-19/h3-10,15-16,18H,11-14,17H2,1-2H3. The summed E-state index contributed by atoms with van der Waals surface area (Å²) in [5.41, 5.74) is 1.59. The van der Waals surface area contributed by atoms with Crippen LogP contribution in [0.3, 0.4) is 0 Å². The molecule has 0 atom stereocenters. The van der Waals surface area contributed by atoms with E-state index in [4.69, 9.17) is 16.3 Å². The number of halogens is 1. The van der Waals surface area contributed by atoms with E-state index in [0.717, 1.165) is 5.56 Å². The molecule has 0 unspecified atom stereocenters. The molecule has 1 fully saturated rings. The van der Waals surface area contributed by atoms with E-state index in [9.17, 15) is 13.2 Å². The Labute approximate surface area is 204 Å². The summed E-state index contributed by atoms with van der Waals surface area (Å²) in [7, 11) is -3.34. The van der Waals surface area contributed by atoms with Crippen molar-refractivity contribution in [2.24, 2.45) is 0 Å². The van der Waals surface area contributed by atoms with Crippen molar-refractivity contribution in [1.82, 2.24) is 14.1 Å². The molecule has 8 nitrogen and oxygen atoms in total. The molecule has 0 saturated carbocycles. The molecule has 2 aromatic carbocycles. The van der Waals surface area contributed by atoms with Crippen LogP contribution in [0.5, 0.6) is 5.75 Å². The van der Waals surface area contributed by atoms with Gasteiger partial charge in [-0.25, -0.2) is 8.42 Å². The highest BCUT2D eigenvalue weighted by Crippen LogP contribution is 2.27. The van der Waals surface area contributed by atoms with Crippen molar-refractivity contribution >= 4 is 27.3 Å². The molecule has 2 heterocycles. The lowest BCUT2D eigenvalue weighted by atomic mass is 10.2. The third-order valence-corrected chi connectivity index (χ3v) is 8.24. The van der Waals surface area contributed by atoms with Crippen LogP contribution in [-0.2, 0) is 16.6 Å². The number of hydrogen-bond donors (Lipinski definition) is 0. The maximum atomic E-state index is 13.5. The topological polar surface area (TPSA) is 84.7 Å². The molecule has 0 spiro atoms. The number of aromatic nitrogens is 2. The molecule has 1 aliphatic rings.